The summed E-state index contributed by atoms with van der Waals surface area (Å²) in [5.74, 6) is 0.549. The van der Waals surface area contributed by atoms with Crippen molar-refractivity contribution in [2.75, 3.05) is 5.32 Å². The summed E-state index contributed by atoms with van der Waals surface area (Å²) < 4.78 is 1.97. The van der Waals surface area contributed by atoms with Crippen LogP contribution in [0.15, 0.2) is 48.5 Å². The first-order valence-corrected chi connectivity index (χ1v) is 11.3. The molecule has 1 fully saturated rings. The molecule has 0 atom stereocenters. The molecular formula is C25H22ClN5O. The number of nitrogens with one attached hydrogen (secondary N) is 1. The number of anilines is 1. The second-order valence-electron chi connectivity index (χ2n) is 8.27. The van der Waals surface area contributed by atoms with E-state index in [-0.39, 0.29) is 5.91 Å². The lowest BCUT2D eigenvalue weighted by atomic mass is 9.89. The molecule has 5 rings (SSSR count). The van der Waals surface area contributed by atoms with Crippen molar-refractivity contribution in [1.29, 1.82) is 5.26 Å². The highest BCUT2D eigenvalue weighted by Gasteiger charge is 2.25. The van der Waals surface area contributed by atoms with E-state index in [0.717, 1.165) is 23.9 Å². The average Bonchev–Trinajstić information content (AvgIpc) is 3.09. The topological polar surface area (TPSA) is 83.6 Å². The Morgan fingerprint density at radius 3 is 2.47 bits per heavy atom. The van der Waals surface area contributed by atoms with Crippen molar-refractivity contribution in [3.63, 3.8) is 0 Å². The second kappa shape index (κ2) is 8.60. The third-order valence-electron chi connectivity index (χ3n) is 6.18. The van der Waals surface area contributed by atoms with Gasteiger partial charge in [0.25, 0.3) is 5.91 Å². The Morgan fingerprint density at radius 1 is 1.06 bits per heavy atom. The van der Waals surface area contributed by atoms with Crippen LogP contribution in [0.3, 0.4) is 0 Å². The summed E-state index contributed by atoms with van der Waals surface area (Å²) >= 11 is 6.25. The molecule has 0 unspecified atom stereocenters. The van der Waals surface area contributed by atoms with Gasteiger partial charge in [0.1, 0.15) is 23.0 Å². The third kappa shape index (κ3) is 3.69. The number of fused-ring (bicyclic) bond motifs is 2. The van der Waals surface area contributed by atoms with Crippen LogP contribution in [0.1, 0.15) is 48.0 Å². The molecule has 2 aromatic heterocycles. The number of benzene rings is 2. The van der Waals surface area contributed by atoms with Crippen LogP contribution in [0.5, 0.6) is 0 Å². The number of rotatable bonds is 4. The lowest BCUT2D eigenvalue weighted by Crippen LogP contribution is -2.20. The molecule has 0 aliphatic heterocycles. The van der Waals surface area contributed by atoms with Gasteiger partial charge in [-0.1, -0.05) is 55.1 Å². The van der Waals surface area contributed by atoms with E-state index in [4.69, 9.17) is 21.6 Å². The molecule has 1 amide bonds. The van der Waals surface area contributed by atoms with Crippen molar-refractivity contribution in [2.45, 2.75) is 38.6 Å². The zero-order valence-corrected chi connectivity index (χ0v) is 18.3. The Balaban J connectivity index is 1.67. The number of halogens is 1. The molecular weight excluding hydrogens is 422 g/mol. The fraction of sp³-hybridized carbons (Fsp3) is 0.280. The summed E-state index contributed by atoms with van der Waals surface area (Å²) in [7, 11) is 0. The fourth-order valence-electron chi connectivity index (χ4n) is 4.56. The zero-order chi connectivity index (χ0) is 22.1. The summed E-state index contributed by atoms with van der Waals surface area (Å²) in [6, 6.07) is 16.8. The Kier molecular flexibility index (Phi) is 5.50. The van der Waals surface area contributed by atoms with Gasteiger partial charge in [-0.25, -0.2) is 9.97 Å². The van der Waals surface area contributed by atoms with Gasteiger partial charge in [0.2, 0.25) is 0 Å². The molecule has 0 spiro atoms. The van der Waals surface area contributed by atoms with Crippen molar-refractivity contribution < 1.29 is 4.79 Å². The smallest absolute Gasteiger partial charge is 0.258 e. The van der Waals surface area contributed by atoms with Crippen LogP contribution in [-0.2, 0) is 6.54 Å². The SMILES string of the molecule is N#Cc1c(NC(=O)c2ccccc2Cl)n(CC2CCCCC2)c2nc3ccccc3nc12. The molecule has 1 aliphatic carbocycles. The summed E-state index contributed by atoms with van der Waals surface area (Å²) in [4.78, 5) is 22.7. The number of nitrogens with zero attached hydrogens (tertiary/aromatic N) is 4. The van der Waals surface area contributed by atoms with Crippen LogP contribution in [0, 0.1) is 17.2 Å². The summed E-state index contributed by atoms with van der Waals surface area (Å²) in [5.41, 5.74) is 3.30. The predicted molar refractivity (Wildman–Crippen MR) is 126 cm³/mol. The Labute approximate surface area is 190 Å². The molecule has 160 valence electrons. The third-order valence-corrected chi connectivity index (χ3v) is 6.51. The Hall–Kier alpha value is -3.43. The van der Waals surface area contributed by atoms with E-state index in [9.17, 15) is 10.1 Å². The van der Waals surface area contributed by atoms with Crippen LogP contribution in [0.25, 0.3) is 22.2 Å². The molecule has 2 heterocycles. The van der Waals surface area contributed by atoms with Crippen molar-refractivity contribution >= 4 is 45.5 Å². The lowest BCUT2D eigenvalue weighted by Gasteiger charge is -2.23. The maximum Gasteiger partial charge on any atom is 0.258 e. The van der Waals surface area contributed by atoms with Gasteiger partial charge in [-0.2, -0.15) is 5.26 Å². The maximum atomic E-state index is 13.1. The molecule has 1 saturated carbocycles. The maximum absolute atomic E-state index is 13.1. The number of hydrogen-bond donors (Lipinski definition) is 1. The molecule has 2 aromatic carbocycles. The van der Waals surface area contributed by atoms with E-state index in [1.165, 1.54) is 19.3 Å². The van der Waals surface area contributed by atoms with Crippen molar-refractivity contribution in [2.24, 2.45) is 5.92 Å². The van der Waals surface area contributed by atoms with Gasteiger partial charge in [-0.05, 0) is 43.0 Å². The molecule has 7 heteroatoms. The first-order chi connectivity index (χ1) is 15.7. The summed E-state index contributed by atoms with van der Waals surface area (Å²) in [6.45, 7) is 0.684. The molecule has 1 aliphatic rings. The predicted octanol–water partition coefficient (Wildman–Crippen LogP) is 5.94. The van der Waals surface area contributed by atoms with Gasteiger partial charge < -0.3 is 9.88 Å². The number of nitriles is 1. The molecule has 6 nitrogen and oxygen atoms in total. The Morgan fingerprint density at radius 2 is 1.75 bits per heavy atom. The largest absolute Gasteiger partial charge is 0.309 e. The second-order valence-corrected chi connectivity index (χ2v) is 8.68. The van der Waals surface area contributed by atoms with Gasteiger partial charge in [0.15, 0.2) is 5.65 Å². The minimum atomic E-state index is -0.357. The highest BCUT2D eigenvalue weighted by molar-refractivity contribution is 6.34. The number of carbonyl (C=O) groups is 1. The van der Waals surface area contributed by atoms with Crippen LogP contribution in [-0.4, -0.2) is 20.4 Å². The van der Waals surface area contributed by atoms with E-state index >= 15 is 0 Å². The van der Waals surface area contributed by atoms with Gasteiger partial charge in [-0.3, -0.25) is 4.79 Å². The molecule has 32 heavy (non-hydrogen) atoms. The van der Waals surface area contributed by atoms with Gasteiger partial charge in [0, 0.05) is 6.54 Å². The van der Waals surface area contributed by atoms with Gasteiger partial charge in [0.05, 0.1) is 21.6 Å². The molecule has 0 radical (unpaired) electrons. The van der Waals surface area contributed by atoms with E-state index < -0.39 is 0 Å². The quantitative estimate of drug-likeness (QED) is 0.423. The minimum absolute atomic E-state index is 0.328. The van der Waals surface area contributed by atoms with Crippen molar-refractivity contribution in [3.8, 4) is 6.07 Å². The Bertz CT molecular complexity index is 1360. The number of para-hydroxylation sites is 2. The summed E-state index contributed by atoms with van der Waals surface area (Å²) in [5, 5.41) is 13.4. The highest BCUT2D eigenvalue weighted by atomic mass is 35.5. The number of amides is 1. The standard InChI is InChI=1S/C25H22ClN5O/c26-19-11-5-4-10-17(19)25(32)30-23-18(14-27)22-24(29-21-13-7-6-12-20(21)28-22)31(23)15-16-8-2-1-3-9-16/h4-7,10-13,16H,1-3,8-9,15H2,(H,30,32). The fourth-order valence-corrected chi connectivity index (χ4v) is 4.78. The average molecular weight is 444 g/mol. The van der Waals surface area contributed by atoms with E-state index in [1.807, 2.05) is 28.8 Å². The first kappa shape index (κ1) is 20.5. The number of carbonyl (C=O) groups excluding carboxylic acids is 1. The molecule has 0 saturated heterocycles. The molecule has 0 bridgehead atoms. The lowest BCUT2D eigenvalue weighted by molar-refractivity contribution is 0.102. The number of aromatic nitrogens is 3. The monoisotopic (exact) mass is 443 g/mol. The van der Waals surface area contributed by atoms with Crippen LogP contribution >= 0.6 is 11.6 Å². The van der Waals surface area contributed by atoms with E-state index in [2.05, 4.69) is 11.4 Å². The minimum Gasteiger partial charge on any atom is -0.309 e. The van der Waals surface area contributed by atoms with Gasteiger partial charge in [-0.15, -0.1) is 0 Å². The van der Waals surface area contributed by atoms with Crippen LogP contribution in [0.4, 0.5) is 5.82 Å². The molecule has 1 N–H and O–H groups in total. The summed E-state index contributed by atoms with van der Waals surface area (Å²) in [6.07, 6.45) is 5.91. The van der Waals surface area contributed by atoms with E-state index in [1.54, 1.807) is 24.3 Å². The van der Waals surface area contributed by atoms with E-state index in [0.29, 0.717) is 45.6 Å². The van der Waals surface area contributed by atoms with Crippen LogP contribution in [0.2, 0.25) is 5.02 Å². The van der Waals surface area contributed by atoms with Crippen molar-refractivity contribution in [3.05, 3.63) is 64.7 Å². The normalized spacial score (nSPS) is 14.5. The highest BCUT2D eigenvalue weighted by Crippen LogP contribution is 2.33. The first-order valence-electron chi connectivity index (χ1n) is 10.9. The van der Waals surface area contributed by atoms with Crippen molar-refractivity contribution in [1.82, 2.24) is 14.5 Å². The van der Waals surface area contributed by atoms with Gasteiger partial charge >= 0.3 is 0 Å². The number of hydrogen-bond acceptors (Lipinski definition) is 4. The van der Waals surface area contributed by atoms with Crippen LogP contribution < -0.4 is 5.32 Å². The zero-order valence-electron chi connectivity index (χ0n) is 17.5. The molecule has 4 aromatic rings.